The van der Waals surface area contributed by atoms with Crippen LogP contribution in [0.1, 0.15) is 56.9 Å². The van der Waals surface area contributed by atoms with E-state index in [2.05, 4.69) is 25.6 Å². The van der Waals surface area contributed by atoms with Crippen molar-refractivity contribution in [2.75, 3.05) is 5.32 Å². The number of nitrogens with zero attached hydrogens (tertiary/aromatic N) is 4. The Kier molecular flexibility index (Phi) is 5.94. The van der Waals surface area contributed by atoms with Crippen LogP contribution >= 0.6 is 0 Å². The highest BCUT2D eigenvalue weighted by atomic mass is 19.2. The van der Waals surface area contributed by atoms with Gasteiger partial charge in [-0.25, -0.2) is 18.7 Å². The second kappa shape index (κ2) is 9.90. The van der Waals surface area contributed by atoms with Crippen LogP contribution in [0.25, 0.3) is 11.3 Å². The van der Waals surface area contributed by atoms with Gasteiger partial charge in [0.15, 0.2) is 11.6 Å². The van der Waals surface area contributed by atoms with E-state index in [1.807, 2.05) is 47.0 Å². The molecule has 8 nitrogen and oxygen atoms in total. The van der Waals surface area contributed by atoms with Gasteiger partial charge in [-0.2, -0.15) is 0 Å². The van der Waals surface area contributed by atoms with Crippen molar-refractivity contribution in [3.63, 3.8) is 0 Å². The number of hydrogen-bond acceptors (Lipinski definition) is 5. The van der Waals surface area contributed by atoms with E-state index < -0.39 is 29.0 Å². The quantitative estimate of drug-likeness (QED) is 0.298. The monoisotopic (exact) mass is 588 g/mol. The van der Waals surface area contributed by atoms with Crippen LogP contribution in [0.2, 0.25) is 0 Å². The van der Waals surface area contributed by atoms with Gasteiger partial charge in [0.2, 0.25) is 5.91 Å². The van der Waals surface area contributed by atoms with Gasteiger partial charge >= 0.3 is 0 Å². The van der Waals surface area contributed by atoms with Crippen LogP contribution in [-0.4, -0.2) is 31.3 Å². The first kappa shape index (κ1) is 26.4. The third kappa shape index (κ3) is 4.05. The molecule has 3 aliphatic rings. The molecular formula is C34H26F2N6O2. The SMILES string of the molecule is O=C(N[C@H]1C[C@@H](c2cccc(F)c2F)Cn2c(-c3ccccc3)cnc21)c1cnc2c(c1)CC1(C2)C(=O)Nc2ncccc21. The third-order valence-corrected chi connectivity index (χ3v) is 9.19. The molecule has 44 heavy (non-hydrogen) atoms. The van der Waals surface area contributed by atoms with Crippen LogP contribution in [0.5, 0.6) is 0 Å². The fourth-order valence-corrected chi connectivity index (χ4v) is 7.05. The smallest absolute Gasteiger partial charge is 0.253 e. The van der Waals surface area contributed by atoms with Gasteiger partial charge in [-0.15, -0.1) is 0 Å². The largest absolute Gasteiger partial charge is 0.342 e. The standard InChI is InChI=1S/C34H26F2N6O2/c35-25-10-4-8-23(29(25)36)22-13-26(31-39-17-28(42(31)18-22)19-6-2-1-3-7-19)40-32(43)21-12-20-14-34(15-27(20)38-16-21)24-9-5-11-37-30(24)41-33(34)44/h1-12,16-17,22,26H,13-15,18H2,(H,40,43)(H,37,41,44)/t22-,26+,34?/m1/s1. The number of amides is 2. The molecule has 0 bridgehead atoms. The van der Waals surface area contributed by atoms with Gasteiger partial charge < -0.3 is 15.2 Å². The maximum absolute atomic E-state index is 15.0. The van der Waals surface area contributed by atoms with Crippen LogP contribution in [0.3, 0.4) is 0 Å². The zero-order valence-electron chi connectivity index (χ0n) is 23.4. The van der Waals surface area contributed by atoms with Crippen LogP contribution < -0.4 is 10.6 Å². The van der Waals surface area contributed by atoms with Crippen molar-refractivity contribution in [2.24, 2.45) is 0 Å². The number of carbonyl (C=O) groups excluding carboxylic acids is 2. The minimum absolute atomic E-state index is 0.117. The van der Waals surface area contributed by atoms with Crippen molar-refractivity contribution in [1.82, 2.24) is 24.8 Å². The molecule has 2 N–H and O–H groups in total. The van der Waals surface area contributed by atoms with Crippen LogP contribution in [0, 0.1) is 11.6 Å². The summed E-state index contributed by atoms with van der Waals surface area (Å²) in [5, 5.41) is 5.99. The molecule has 1 aliphatic carbocycles. The van der Waals surface area contributed by atoms with Crippen molar-refractivity contribution in [3.05, 3.63) is 131 Å². The van der Waals surface area contributed by atoms with Crippen molar-refractivity contribution >= 4 is 17.6 Å². The maximum Gasteiger partial charge on any atom is 0.253 e. The molecule has 1 unspecified atom stereocenters. The summed E-state index contributed by atoms with van der Waals surface area (Å²) < 4.78 is 31.3. The summed E-state index contributed by atoms with van der Waals surface area (Å²) in [5.74, 6) is -1.46. The van der Waals surface area contributed by atoms with Gasteiger partial charge in [-0.05, 0) is 47.7 Å². The molecule has 3 aromatic heterocycles. The zero-order chi connectivity index (χ0) is 30.0. The highest BCUT2D eigenvalue weighted by Crippen LogP contribution is 2.46. The molecule has 0 saturated carbocycles. The maximum atomic E-state index is 15.0. The summed E-state index contributed by atoms with van der Waals surface area (Å²) >= 11 is 0. The Bertz CT molecular complexity index is 1980. The van der Waals surface area contributed by atoms with Gasteiger partial charge in [0.1, 0.15) is 11.6 Å². The highest BCUT2D eigenvalue weighted by Gasteiger charge is 2.51. The van der Waals surface area contributed by atoms with Gasteiger partial charge in [0.05, 0.1) is 28.9 Å². The normalized spacial score (nSPS) is 21.5. The third-order valence-electron chi connectivity index (χ3n) is 9.19. The van der Waals surface area contributed by atoms with E-state index in [1.54, 1.807) is 24.5 Å². The van der Waals surface area contributed by atoms with E-state index in [-0.39, 0.29) is 17.4 Å². The Balaban J connectivity index is 1.11. The van der Waals surface area contributed by atoms with Gasteiger partial charge in [-0.3, -0.25) is 14.6 Å². The fraction of sp³-hybridized carbons (Fsp3) is 0.206. The molecular weight excluding hydrogens is 562 g/mol. The molecule has 8 rings (SSSR count). The molecule has 0 fully saturated rings. The highest BCUT2D eigenvalue weighted by molar-refractivity contribution is 6.06. The second-order valence-electron chi connectivity index (χ2n) is 11.7. The molecule has 2 amide bonds. The predicted octanol–water partition coefficient (Wildman–Crippen LogP) is 5.27. The number of aromatic nitrogens is 4. The lowest BCUT2D eigenvalue weighted by Gasteiger charge is -2.32. The van der Waals surface area contributed by atoms with Crippen molar-refractivity contribution in [2.45, 2.75) is 43.2 Å². The number of benzene rings is 2. The first-order chi connectivity index (χ1) is 21.4. The number of pyridine rings is 2. The summed E-state index contributed by atoms with van der Waals surface area (Å²) in [6.07, 6.45) is 6.10. The Morgan fingerprint density at radius 2 is 1.84 bits per heavy atom. The van der Waals surface area contributed by atoms with Crippen LogP contribution in [0.4, 0.5) is 14.6 Å². The lowest BCUT2D eigenvalue weighted by atomic mass is 9.80. The van der Waals surface area contributed by atoms with Crippen LogP contribution in [0.15, 0.2) is 85.3 Å². The molecule has 3 atom stereocenters. The number of hydrogen-bond donors (Lipinski definition) is 2. The summed E-state index contributed by atoms with van der Waals surface area (Å²) in [6.45, 7) is 0.382. The number of imidazole rings is 1. The molecule has 2 aromatic carbocycles. The molecule has 10 heteroatoms. The molecule has 5 heterocycles. The molecule has 218 valence electrons. The molecule has 0 saturated heterocycles. The molecule has 2 aliphatic heterocycles. The van der Waals surface area contributed by atoms with E-state index >= 15 is 4.39 Å². The predicted molar refractivity (Wildman–Crippen MR) is 158 cm³/mol. The summed E-state index contributed by atoms with van der Waals surface area (Å²) in [5.41, 5.74) is 4.03. The summed E-state index contributed by atoms with van der Waals surface area (Å²) in [4.78, 5) is 40.4. The topological polar surface area (TPSA) is 102 Å². The van der Waals surface area contributed by atoms with E-state index in [0.29, 0.717) is 43.0 Å². The van der Waals surface area contributed by atoms with E-state index in [0.717, 1.165) is 34.1 Å². The number of nitrogens with one attached hydrogen (secondary N) is 2. The molecule has 0 radical (unpaired) electrons. The van der Waals surface area contributed by atoms with E-state index in [1.165, 1.54) is 12.3 Å². The van der Waals surface area contributed by atoms with E-state index in [9.17, 15) is 14.0 Å². The summed E-state index contributed by atoms with van der Waals surface area (Å²) in [6, 6.07) is 18.9. The second-order valence-corrected chi connectivity index (χ2v) is 11.7. The number of rotatable bonds is 4. The average Bonchev–Trinajstić information content (AvgIpc) is 3.72. The first-order valence-corrected chi connectivity index (χ1v) is 14.5. The van der Waals surface area contributed by atoms with Gasteiger partial charge in [-0.1, -0.05) is 48.5 Å². The van der Waals surface area contributed by atoms with Crippen molar-refractivity contribution in [3.8, 4) is 11.3 Å². The fourth-order valence-electron chi connectivity index (χ4n) is 7.05. The van der Waals surface area contributed by atoms with Crippen molar-refractivity contribution in [1.29, 1.82) is 0 Å². The lowest BCUT2D eigenvalue weighted by molar-refractivity contribution is -0.120. The zero-order valence-corrected chi connectivity index (χ0v) is 23.4. The molecule has 5 aromatic rings. The van der Waals surface area contributed by atoms with Crippen molar-refractivity contribution < 1.29 is 18.4 Å². The van der Waals surface area contributed by atoms with E-state index in [4.69, 9.17) is 0 Å². The lowest BCUT2D eigenvalue weighted by Crippen LogP contribution is -2.36. The number of halogens is 2. The van der Waals surface area contributed by atoms with Gasteiger partial charge in [0.25, 0.3) is 5.91 Å². The summed E-state index contributed by atoms with van der Waals surface area (Å²) in [7, 11) is 0. The Morgan fingerprint density at radius 1 is 0.977 bits per heavy atom. The first-order valence-electron chi connectivity index (χ1n) is 14.5. The average molecular weight is 589 g/mol. The minimum atomic E-state index is -0.904. The Morgan fingerprint density at radius 3 is 2.70 bits per heavy atom. The van der Waals surface area contributed by atoms with Gasteiger partial charge in [0, 0.05) is 42.5 Å². The Hall–Kier alpha value is -5.25. The number of anilines is 1. The molecule has 1 spiro atoms. The minimum Gasteiger partial charge on any atom is -0.342 e. The number of carbonyl (C=O) groups is 2. The Labute approximate surface area is 251 Å². The van der Waals surface area contributed by atoms with Crippen LogP contribution in [-0.2, 0) is 29.6 Å². The number of fused-ring (bicyclic) bond motifs is 4.